The number of likely N-dealkylation sites (N-methyl/N-ethyl adjacent to an activating group) is 1. The molecule has 3 rings (SSSR count). The second kappa shape index (κ2) is 9.49. The summed E-state index contributed by atoms with van der Waals surface area (Å²) in [5.41, 5.74) is 0.0146. The third kappa shape index (κ3) is 5.51. The van der Waals surface area contributed by atoms with Crippen LogP contribution in [0.1, 0.15) is 24.1 Å². The van der Waals surface area contributed by atoms with Crippen molar-refractivity contribution in [2.24, 2.45) is 4.99 Å². The van der Waals surface area contributed by atoms with E-state index in [2.05, 4.69) is 41.2 Å². The van der Waals surface area contributed by atoms with Crippen molar-refractivity contribution in [3.05, 3.63) is 63.3 Å². The summed E-state index contributed by atoms with van der Waals surface area (Å²) >= 11 is 0. The molecule has 0 bridgehead atoms. The highest BCUT2D eigenvalue weighted by Crippen LogP contribution is 2.42. The van der Waals surface area contributed by atoms with E-state index >= 15 is 0 Å². The molecular weight excluding hydrogens is 421 g/mol. The molecule has 7 nitrogen and oxygen atoms in total. The van der Waals surface area contributed by atoms with Crippen molar-refractivity contribution in [3.63, 3.8) is 0 Å². The van der Waals surface area contributed by atoms with Gasteiger partial charge < -0.3 is 15.0 Å². The number of aliphatic hydroxyl groups is 1. The average Bonchev–Trinajstić information content (AvgIpc) is 3.06. The number of aromatic amines is 1. The molecule has 0 unspecified atom stereocenters. The zero-order valence-corrected chi connectivity index (χ0v) is 18.5. The van der Waals surface area contributed by atoms with Crippen molar-refractivity contribution in [2.75, 3.05) is 34.3 Å². The number of aliphatic hydroxyl groups excluding tert-OH is 1. The first-order chi connectivity index (χ1) is 14.8. The van der Waals surface area contributed by atoms with Crippen LogP contribution in [-0.4, -0.2) is 71.8 Å². The lowest BCUT2D eigenvalue weighted by Gasteiger charge is -2.27. The number of benzene rings is 1. The fraction of sp³-hybridized carbons (Fsp3) is 0.409. The average molecular weight is 446 g/mol. The number of nitrogens with zero attached hydrogens (tertiary/aromatic N) is 5. The predicted molar refractivity (Wildman–Crippen MR) is 118 cm³/mol. The summed E-state index contributed by atoms with van der Waals surface area (Å²) in [6.07, 6.45) is -4.77. The van der Waals surface area contributed by atoms with Gasteiger partial charge in [0, 0.05) is 22.4 Å². The number of fused-ring (bicyclic) bond motifs is 1. The number of rotatable bonds is 3. The van der Waals surface area contributed by atoms with Gasteiger partial charge in [-0.25, -0.2) is 4.85 Å². The lowest BCUT2D eigenvalue weighted by molar-refractivity contribution is -0.870. The maximum absolute atomic E-state index is 13.3. The third-order valence-corrected chi connectivity index (χ3v) is 4.85. The maximum atomic E-state index is 13.3. The monoisotopic (exact) mass is 446 g/mol. The molecule has 0 aliphatic carbocycles. The van der Waals surface area contributed by atoms with Crippen LogP contribution < -0.4 is 0 Å². The second-order valence-corrected chi connectivity index (χ2v) is 8.36. The number of quaternary nitrogens is 1. The van der Waals surface area contributed by atoms with Crippen molar-refractivity contribution in [2.45, 2.75) is 25.9 Å². The van der Waals surface area contributed by atoms with Gasteiger partial charge in [-0.05, 0) is 31.5 Å². The van der Waals surface area contributed by atoms with E-state index in [0.29, 0.717) is 11.1 Å². The highest BCUT2D eigenvalue weighted by atomic mass is 19.4. The van der Waals surface area contributed by atoms with Crippen molar-refractivity contribution in [1.82, 2.24) is 10.2 Å². The van der Waals surface area contributed by atoms with Gasteiger partial charge in [0.05, 0.1) is 45.8 Å². The van der Waals surface area contributed by atoms with Crippen LogP contribution in [0, 0.1) is 13.5 Å². The zero-order chi connectivity index (χ0) is 24.3. The molecule has 2 heterocycles. The van der Waals surface area contributed by atoms with Crippen LogP contribution >= 0.6 is 0 Å². The fourth-order valence-corrected chi connectivity index (χ4v) is 3.21. The minimum Gasteiger partial charge on any atom is -0.763 e. The first kappa shape index (κ1) is 25.0. The molecule has 1 aromatic carbocycles. The van der Waals surface area contributed by atoms with Crippen LogP contribution in [0.4, 0.5) is 13.2 Å². The summed E-state index contributed by atoms with van der Waals surface area (Å²) in [6, 6.07) is 4.90. The standard InChI is InChI=1S/C17H11F3N5.C5H14NO/c1-8-11-6-10(4-5-13(11)25-24-8)14-12(7-21)16(17(18,19)20)23-9(2)15(14)22-3;1-6(2,3)4-5-7/h4-6,14H,1-2H3,(H,24,25);7H,4-5H2,1-3H3/q-1;+1/t14-;/m0./s1. The molecule has 1 aliphatic rings. The highest BCUT2D eigenvalue weighted by Gasteiger charge is 2.44. The number of H-pyrrole nitrogens is 1. The molecule has 1 aromatic heterocycles. The van der Waals surface area contributed by atoms with Crippen molar-refractivity contribution in [1.29, 1.82) is 0 Å². The third-order valence-electron chi connectivity index (χ3n) is 4.85. The van der Waals surface area contributed by atoms with E-state index < -0.39 is 23.4 Å². The molecule has 2 N–H and O–H groups in total. The largest absolute Gasteiger partial charge is 0.763 e. The van der Waals surface area contributed by atoms with Crippen LogP contribution in [0.25, 0.3) is 21.2 Å². The van der Waals surface area contributed by atoms with Crippen molar-refractivity contribution >= 4 is 22.5 Å². The smallest absolute Gasteiger partial charge is 0.434 e. The Hall–Kier alpha value is -3.25. The Bertz CT molecular complexity index is 1160. The topological polar surface area (TPSA) is 87.9 Å². The first-order valence-corrected chi connectivity index (χ1v) is 9.71. The number of hydrogen-bond acceptors (Lipinski definition) is 3. The van der Waals surface area contributed by atoms with Crippen LogP contribution in [0.2, 0.25) is 0 Å². The molecule has 0 saturated carbocycles. The number of aliphatic imine (C=N–C) groups is 1. The number of halogens is 3. The Morgan fingerprint density at radius 1 is 1.28 bits per heavy atom. The Kier molecular flexibility index (Phi) is 7.42. The van der Waals surface area contributed by atoms with Crippen LogP contribution in [0.5, 0.6) is 0 Å². The molecule has 2 aromatic rings. The van der Waals surface area contributed by atoms with Gasteiger partial charge in [0.25, 0.3) is 0 Å². The summed E-state index contributed by atoms with van der Waals surface area (Å²) in [5, 5.41) is 25.4. The van der Waals surface area contributed by atoms with Crippen LogP contribution in [0.15, 0.2) is 40.2 Å². The summed E-state index contributed by atoms with van der Waals surface area (Å²) in [5.74, 6) is 0.514. The first-order valence-electron chi connectivity index (χ1n) is 9.71. The molecule has 1 atom stereocenters. The van der Waals surface area contributed by atoms with Gasteiger partial charge in [-0.1, -0.05) is 6.07 Å². The lowest BCUT2D eigenvalue weighted by atomic mass is 9.83. The molecule has 0 spiro atoms. The van der Waals surface area contributed by atoms with Crippen molar-refractivity contribution in [3.8, 4) is 0 Å². The number of nitrogens with one attached hydrogen (secondary N) is 1. The molecule has 32 heavy (non-hydrogen) atoms. The Morgan fingerprint density at radius 2 is 1.94 bits per heavy atom. The number of aryl methyl sites for hydroxylation is 1. The zero-order valence-electron chi connectivity index (χ0n) is 18.5. The van der Waals surface area contributed by atoms with Gasteiger partial charge in [-0.15, -0.1) is 0 Å². The maximum Gasteiger partial charge on any atom is 0.434 e. The van der Waals surface area contributed by atoms with Crippen LogP contribution in [-0.2, 0) is 0 Å². The second-order valence-electron chi connectivity index (χ2n) is 8.36. The normalized spacial score (nSPS) is 16.8. The summed E-state index contributed by atoms with van der Waals surface area (Å²) in [6.45, 7) is 11.6. The number of allylic oxidation sites excluding steroid dienone is 2. The molecule has 0 saturated heterocycles. The quantitative estimate of drug-likeness (QED) is 0.425. The van der Waals surface area contributed by atoms with Gasteiger partial charge in [-0.2, -0.15) is 18.3 Å². The van der Waals surface area contributed by atoms with Gasteiger partial charge in [0.2, 0.25) is 0 Å². The number of alkyl halides is 3. The molecule has 0 radical (unpaired) electrons. The molecule has 10 heteroatoms. The van der Waals surface area contributed by atoms with E-state index in [0.717, 1.165) is 22.1 Å². The highest BCUT2D eigenvalue weighted by molar-refractivity contribution is 6.13. The minimum absolute atomic E-state index is 0.0186. The number of aromatic nitrogens is 2. The summed E-state index contributed by atoms with van der Waals surface area (Å²) in [4.78, 5) is 6.83. The van der Waals surface area contributed by atoms with E-state index in [1.807, 2.05) is 0 Å². The number of hydrogen-bond donors (Lipinski definition) is 2. The van der Waals surface area contributed by atoms with Gasteiger partial charge in [-0.3, -0.25) is 16.0 Å². The molecular formula is C22H25F3N6O. The Morgan fingerprint density at radius 3 is 2.41 bits per heavy atom. The Balaban J connectivity index is 0.000000451. The van der Waals surface area contributed by atoms with Gasteiger partial charge in [0.1, 0.15) is 6.54 Å². The van der Waals surface area contributed by atoms with Crippen LogP contribution in [0.3, 0.4) is 0 Å². The predicted octanol–water partition coefficient (Wildman–Crippen LogP) is 3.97. The minimum atomic E-state index is -4.77. The SMILES string of the molecule is C[N+](C)(C)CCO.[C-]#[N+]C1=C(C)N=C(C(F)(F)F)C(=C=[N-])[C@@H]1c1ccc2n[nH]c(C)c2c1. The Labute approximate surface area is 184 Å². The van der Waals surface area contributed by atoms with Crippen molar-refractivity contribution < 1.29 is 22.8 Å². The molecule has 0 fully saturated rings. The fourth-order valence-electron chi connectivity index (χ4n) is 3.21. The van der Waals surface area contributed by atoms with E-state index in [1.165, 1.54) is 6.92 Å². The molecule has 1 aliphatic heterocycles. The molecule has 0 amide bonds. The summed E-state index contributed by atoms with van der Waals surface area (Å²) in [7, 11) is 6.16. The van der Waals surface area contributed by atoms with E-state index in [1.54, 1.807) is 31.0 Å². The lowest BCUT2D eigenvalue weighted by Crippen LogP contribution is -2.36. The summed E-state index contributed by atoms with van der Waals surface area (Å²) < 4.78 is 40.8. The van der Waals surface area contributed by atoms with E-state index in [-0.39, 0.29) is 18.0 Å². The van der Waals surface area contributed by atoms with E-state index in [9.17, 15) is 18.6 Å². The van der Waals surface area contributed by atoms with E-state index in [4.69, 9.17) is 11.7 Å². The van der Waals surface area contributed by atoms with Gasteiger partial charge in [0.15, 0.2) is 11.4 Å². The van der Waals surface area contributed by atoms with Gasteiger partial charge >= 0.3 is 6.18 Å². The molecule has 170 valence electrons.